The Balaban J connectivity index is 1.53. The van der Waals surface area contributed by atoms with Gasteiger partial charge in [-0.2, -0.15) is 0 Å². The molecule has 4 rings (SSSR count). The number of ether oxygens (including phenoxy) is 1. The fourth-order valence-electron chi connectivity index (χ4n) is 3.41. The number of nitrogens with one attached hydrogen (secondary N) is 2. The average Bonchev–Trinajstić information content (AvgIpc) is 2.90. The quantitative estimate of drug-likeness (QED) is 0.226. The van der Waals surface area contributed by atoms with Crippen LogP contribution < -0.4 is 15.4 Å². The molecule has 5 nitrogen and oxygen atoms in total. The molecule has 1 atom stereocenters. The van der Waals surface area contributed by atoms with Gasteiger partial charge in [-0.3, -0.25) is 9.59 Å². The maximum Gasteiger partial charge on any atom is 0.255 e. The third-order valence-corrected chi connectivity index (χ3v) is 7.21. The Morgan fingerprint density at radius 1 is 0.778 bits per heavy atom. The topological polar surface area (TPSA) is 67.4 Å². The minimum Gasteiger partial charge on any atom is -0.497 e. The molecule has 4 aromatic rings. The number of methoxy groups -OCH3 is 1. The van der Waals surface area contributed by atoms with Crippen LogP contribution in [0.25, 0.3) is 0 Å². The van der Waals surface area contributed by atoms with Crippen LogP contribution in [0.5, 0.6) is 5.75 Å². The van der Waals surface area contributed by atoms with Crippen LogP contribution in [0, 0.1) is 0 Å². The highest BCUT2D eigenvalue weighted by Crippen LogP contribution is 2.37. The van der Waals surface area contributed by atoms with E-state index in [9.17, 15) is 9.59 Å². The van der Waals surface area contributed by atoms with Crippen molar-refractivity contribution in [2.24, 2.45) is 0 Å². The highest BCUT2D eigenvalue weighted by Gasteiger charge is 2.23. The summed E-state index contributed by atoms with van der Waals surface area (Å²) in [7, 11) is 1.58. The Morgan fingerprint density at radius 3 is 2.19 bits per heavy atom. The molecular formula is C28H22Cl2N2O3S. The Bertz CT molecular complexity index is 1370. The summed E-state index contributed by atoms with van der Waals surface area (Å²) in [4.78, 5) is 26.8. The zero-order chi connectivity index (χ0) is 25.5. The molecule has 0 heterocycles. The normalized spacial score (nSPS) is 11.4. The van der Waals surface area contributed by atoms with Gasteiger partial charge >= 0.3 is 0 Å². The number of anilines is 2. The van der Waals surface area contributed by atoms with Gasteiger partial charge in [-0.05, 0) is 66.2 Å². The highest BCUT2D eigenvalue weighted by molar-refractivity contribution is 8.00. The third kappa shape index (κ3) is 6.61. The predicted molar refractivity (Wildman–Crippen MR) is 148 cm³/mol. The molecule has 0 saturated carbocycles. The minimum atomic E-state index is -0.548. The van der Waals surface area contributed by atoms with Crippen LogP contribution in [0.3, 0.4) is 0 Å². The van der Waals surface area contributed by atoms with Crippen LogP contribution in [-0.2, 0) is 4.79 Å². The van der Waals surface area contributed by atoms with Crippen molar-refractivity contribution in [1.29, 1.82) is 0 Å². The molecule has 0 saturated heterocycles. The highest BCUT2D eigenvalue weighted by atomic mass is 35.5. The summed E-state index contributed by atoms with van der Waals surface area (Å²) >= 11 is 13.5. The van der Waals surface area contributed by atoms with Gasteiger partial charge in [0.15, 0.2) is 0 Å². The number of benzene rings is 4. The summed E-state index contributed by atoms with van der Waals surface area (Å²) in [5.41, 5.74) is 2.53. The first kappa shape index (κ1) is 25.6. The van der Waals surface area contributed by atoms with Crippen LogP contribution in [0.4, 0.5) is 11.4 Å². The number of hydrogen-bond donors (Lipinski definition) is 2. The standard InChI is InChI=1S/C28H22Cl2N2O3S/c1-35-22-13-10-19(11-14-22)27(33)31-20-8-5-9-23(16-20)36-26(18-6-3-2-4-7-18)28(34)32-21-12-15-24(29)25(30)17-21/h2-17,26H,1H3,(H,31,33)(H,32,34). The molecule has 0 radical (unpaired) electrons. The summed E-state index contributed by atoms with van der Waals surface area (Å²) in [6.45, 7) is 0. The number of hydrogen-bond acceptors (Lipinski definition) is 4. The Kier molecular flexibility index (Phi) is 8.54. The van der Waals surface area contributed by atoms with E-state index in [4.69, 9.17) is 27.9 Å². The fraction of sp³-hybridized carbons (Fsp3) is 0.0714. The van der Waals surface area contributed by atoms with Gasteiger partial charge in [0, 0.05) is 21.8 Å². The molecular weight excluding hydrogens is 515 g/mol. The molecule has 0 spiro atoms. The first-order valence-electron chi connectivity index (χ1n) is 11.0. The Labute approximate surface area is 223 Å². The lowest BCUT2D eigenvalue weighted by atomic mass is 10.1. The average molecular weight is 537 g/mol. The van der Waals surface area contributed by atoms with Crippen molar-refractivity contribution >= 4 is 58.2 Å². The molecule has 36 heavy (non-hydrogen) atoms. The summed E-state index contributed by atoms with van der Waals surface area (Å²) < 4.78 is 5.14. The zero-order valence-corrected chi connectivity index (χ0v) is 21.5. The van der Waals surface area contributed by atoms with Crippen molar-refractivity contribution in [1.82, 2.24) is 0 Å². The van der Waals surface area contributed by atoms with Gasteiger partial charge in [-0.1, -0.05) is 59.6 Å². The number of carbonyl (C=O) groups excluding carboxylic acids is 2. The molecule has 2 amide bonds. The third-order valence-electron chi connectivity index (χ3n) is 5.23. The van der Waals surface area contributed by atoms with Crippen molar-refractivity contribution in [3.8, 4) is 5.75 Å². The first-order valence-corrected chi connectivity index (χ1v) is 12.6. The molecule has 0 aliphatic carbocycles. The summed E-state index contributed by atoms with van der Waals surface area (Å²) in [6.07, 6.45) is 0. The molecule has 0 fully saturated rings. The second-order valence-corrected chi connectivity index (χ2v) is 9.73. The van der Waals surface area contributed by atoms with E-state index in [1.807, 2.05) is 48.5 Å². The van der Waals surface area contributed by atoms with Gasteiger partial charge < -0.3 is 15.4 Å². The molecule has 0 aliphatic rings. The van der Waals surface area contributed by atoms with Crippen LogP contribution in [0.2, 0.25) is 10.0 Å². The van der Waals surface area contributed by atoms with E-state index in [-0.39, 0.29) is 11.8 Å². The van der Waals surface area contributed by atoms with Gasteiger partial charge in [0.05, 0.1) is 17.2 Å². The lowest BCUT2D eigenvalue weighted by molar-refractivity contribution is -0.115. The maximum absolute atomic E-state index is 13.3. The molecule has 0 aromatic heterocycles. The predicted octanol–water partition coefficient (Wildman–Crippen LogP) is 7.73. The van der Waals surface area contributed by atoms with E-state index >= 15 is 0 Å². The van der Waals surface area contributed by atoms with Gasteiger partial charge in [-0.25, -0.2) is 0 Å². The number of amides is 2. The minimum absolute atomic E-state index is 0.211. The number of thioether (sulfide) groups is 1. The molecule has 4 aromatic carbocycles. The van der Waals surface area contributed by atoms with E-state index in [0.717, 1.165) is 10.5 Å². The lowest BCUT2D eigenvalue weighted by Gasteiger charge is -2.18. The SMILES string of the molecule is COc1ccc(C(=O)Nc2cccc(SC(C(=O)Nc3ccc(Cl)c(Cl)c3)c3ccccc3)c2)cc1. The summed E-state index contributed by atoms with van der Waals surface area (Å²) in [6, 6.07) is 28.7. The van der Waals surface area contributed by atoms with E-state index in [1.54, 1.807) is 55.6 Å². The van der Waals surface area contributed by atoms with E-state index in [0.29, 0.717) is 32.7 Å². The van der Waals surface area contributed by atoms with Gasteiger partial charge in [-0.15, -0.1) is 11.8 Å². The van der Waals surface area contributed by atoms with Crippen molar-refractivity contribution in [3.63, 3.8) is 0 Å². The molecule has 182 valence electrons. The van der Waals surface area contributed by atoms with Crippen LogP contribution in [0.1, 0.15) is 21.2 Å². The van der Waals surface area contributed by atoms with Gasteiger partial charge in [0.25, 0.3) is 5.91 Å². The molecule has 2 N–H and O–H groups in total. The van der Waals surface area contributed by atoms with Crippen molar-refractivity contribution in [3.05, 3.63) is 118 Å². The smallest absolute Gasteiger partial charge is 0.255 e. The molecule has 0 bridgehead atoms. The van der Waals surface area contributed by atoms with Crippen LogP contribution in [0.15, 0.2) is 102 Å². The first-order chi connectivity index (χ1) is 17.4. The molecule has 8 heteroatoms. The maximum atomic E-state index is 13.3. The van der Waals surface area contributed by atoms with Crippen molar-refractivity contribution in [2.45, 2.75) is 10.1 Å². The Morgan fingerprint density at radius 2 is 1.50 bits per heavy atom. The Hall–Kier alpha value is -3.45. The lowest BCUT2D eigenvalue weighted by Crippen LogP contribution is -2.19. The molecule has 0 aliphatic heterocycles. The fourth-order valence-corrected chi connectivity index (χ4v) is 4.79. The summed E-state index contributed by atoms with van der Waals surface area (Å²) in [5, 5.41) is 6.06. The zero-order valence-electron chi connectivity index (χ0n) is 19.2. The number of carbonyl (C=O) groups is 2. The number of halogens is 2. The second-order valence-electron chi connectivity index (χ2n) is 7.74. The summed E-state index contributed by atoms with van der Waals surface area (Å²) in [5.74, 6) is 0.227. The number of rotatable bonds is 8. The van der Waals surface area contributed by atoms with Crippen molar-refractivity contribution < 1.29 is 14.3 Å². The molecule has 1 unspecified atom stereocenters. The van der Waals surface area contributed by atoms with E-state index in [2.05, 4.69) is 10.6 Å². The van der Waals surface area contributed by atoms with Gasteiger partial charge in [0.2, 0.25) is 5.91 Å². The van der Waals surface area contributed by atoms with E-state index < -0.39 is 5.25 Å². The van der Waals surface area contributed by atoms with Crippen LogP contribution >= 0.6 is 35.0 Å². The monoisotopic (exact) mass is 536 g/mol. The van der Waals surface area contributed by atoms with Crippen molar-refractivity contribution in [2.75, 3.05) is 17.7 Å². The second kappa shape index (κ2) is 12.0. The van der Waals surface area contributed by atoms with Gasteiger partial charge in [0.1, 0.15) is 11.0 Å². The van der Waals surface area contributed by atoms with E-state index in [1.165, 1.54) is 11.8 Å². The van der Waals surface area contributed by atoms with Crippen LogP contribution in [-0.4, -0.2) is 18.9 Å². The largest absolute Gasteiger partial charge is 0.497 e.